The molecule has 2 fully saturated rings. The monoisotopic (exact) mass is 862 g/mol. The Balaban J connectivity index is 0.000000439. The molecule has 14 heteroatoms. The van der Waals surface area contributed by atoms with E-state index in [0.29, 0.717) is 44.1 Å². The zero-order valence-electron chi connectivity index (χ0n) is 35.1. The van der Waals surface area contributed by atoms with Gasteiger partial charge >= 0.3 is 0 Å². The third-order valence-corrected chi connectivity index (χ3v) is 15.2. The summed E-state index contributed by atoms with van der Waals surface area (Å²) < 4.78 is 55.9. The number of nitrogens with zero attached hydrogens (tertiary/aromatic N) is 2. The van der Waals surface area contributed by atoms with Crippen LogP contribution >= 0.6 is 11.6 Å². The van der Waals surface area contributed by atoms with Crippen LogP contribution in [0.4, 0.5) is 10.1 Å². The van der Waals surface area contributed by atoms with Crippen molar-refractivity contribution in [2.45, 2.75) is 95.5 Å². The summed E-state index contributed by atoms with van der Waals surface area (Å²) in [6.45, 7) is 12.9. The van der Waals surface area contributed by atoms with E-state index >= 15 is 0 Å². The predicted molar refractivity (Wildman–Crippen MR) is 235 cm³/mol. The Labute approximate surface area is 357 Å². The molecule has 0 radical (unpaired) electrons. The Morgan fingerprint density at radius 2 is 1.86 bits per heavy atom. The lowest BCUT2D eigenvalue weighted by atomic mass is 9.64. The molecule has 5 aliphatic rings. The van der Waals surface area contributed by atoms with E-state index < -0.39 is 26.8 Å². The molecule has 2 bridgehead atoms. The molecule has 2 aliphatic carbocycles. The van der Waals surface area contributed by atoms with Crippen LogP contribution in [0.2, 0.25) is 5.02 Å². The summed E-state index contributed by atoms with van der Waals surface area (Å²) in [6, 6.07) is 12.0. The molecule has 3 heterocycles. The predicted octanol–water partition coefficient (Wildman–Crippen LogP) is 7.01. The molecular formula is C45H68ClFN4O7S. The van der Waals surface area contributed by atoms with Crippen LogP contribution in [0.25, 0.3) is 0 Å². The number of alkyl halides is 1. The highest BCUT2D eigenvalue weighted by Gasteiger charge is 2.49. The Morgan fingerprint density at radius 3 is 2.49 bits per heavy atom. The van der Waals surface area contributed by atoms with Crippen molar-refractivity contribution in [2.24, 2.45) is 17.8 Å². The lowest BCUT2D eigenvalue weighted by Gasteiger charge is -2.48. The number of rotatable bonds is 8. The van der Waals surface area contributed by atoms with E-state index in [-0.39, 0.29) is 36.2 Å². The normalized spacial score (nSPS) is 29.1. The second-order valence-corrected chi connectivity index (χ2v) is 19.0. The van der Waals surface area contributed by atoms with Crippen LogP contribution in [0.5, 0.6) is 5.75 Å². The van der Waals surface area contributed by atoms with E-state index in [0.717, 1.165) is 76.4 Å². The standard InChI is InChI=1S/C34H41ClN2O6S.C9H20N2O.CH3F.CH4/c1-22-6-4-15-34(20-38,42-3)29-11-8-26(29)18-37-19-33(14-5-7-24-16-27(35)10-12-28(24)33)21-43-31-13-9-25(17-30(31)37)32(39)36-44(40,41)23(22)2;1-3-4-11(5-6-12-2)9-7-10-8-9;1-2;/h4,9-10,12-13,15-17,20,22-23,26,29H,5-8,11,14,18-19,21H2,1-3H3,(H,36,39);9-10H,3-8H2,1-2H3;1H3;1H4/b15-4+;;;/t22-,23+,26-,29+,33-,34+;;;/m0.../s1. The molecule has 7 rings (SSSR count). The number of benzene rings is 2. The first-order valence-electron chi connectivity index (χ1n) is 20.8. The Kier molecular flexibility index (Phi) is 17.8. The third kappa shape index (κ3) is 10.9. The zero-order valence-corrected chi connectivity index (χ0v) is 36.7. The van der Waals surface area contributed by atoms with E-state index in [4.69, 9.17) is 25.8 Å². The number of ether oxygens (including phenoxy) is 3. The Bertz CT molecular complexity index is 1850. The average Bonchev–Trinajstić information content (AvgIpc) is 3.34. The highest BCUT2D eigenvalue weighted by molar-refractivity contribution is 7.90. The van der Waals surface area contributed by atoms with Crippen molar-refractivity contribution in [3.63, 3.8) is 0 Å². The summed E-state index contributed by atoms with van der Waals surface area (Å²) in [6.07, 6.45) is 10.9. The van der Waals surface area contributed by atoms with Gasteiger partial charge in [0.2, 0.25) is 10.0 Å². The number of carbonyl (C=O) groups excluding carboxylic acids is 2. The SMILES string of the molecule is C.CCCN(CCOC)C1CNC1.CF.CO[C@@]1(C=O)/C=C/C[C@H](C)[C@@H](C)S(=O)(=O)NC(=O)c2ccc3c(c2)N(C[C@@H]2CC[C@H]21)C[C@@]1(CCCc2cc(Cl)ccc21)CO3. The first-order valence-corrected chi connectivity index (χ1v) is 22.7. The van der Waals surface area contributed by atoms with Crippen molar-refractivity contribution in [1.29, 1.82) is 0 Å². The molecule has 1 amide bonds. The molecule has 0 unspecified atom stereocenters. The van der Waals surface area contributed by atoms with Gasteiger partial charge in [-0.2, -0.15) is 0 Å². The van der Waals surface area contributed by atoms with Gasteiger partial charge in [0, 0.05) is 74.9 Å². The van der Waals surface area contributed by atoms with Gasteiger partial charge in [-0.25, -0.2) is 13.1 Å². The van der Waals surface area contributed by atoms with Crippen LogP contribution in [0, 0.1) is 17.8 Å². The topological polar surface area (TPSA) is 127 Å². The number of aryl methyl sites for hydroxylation is 1. The van der Waals surface area contributed by atoms with Crippen LogP contribution in [0.3, 0.4) is 0 Å². The molecular weight excluding hydrogens is 795 g/mol. The molecule has 2 N–H and O–H groups in total. The number of halogens is 2. The minimum atomic E-state index is -3.97. The molecule has 1 saturated heterocycles. The minimum Gasteiger partial charge on any atom is -0.490 e. The van der Waals surface area contributed by atoms with Crippen molar-refractivity contribution >= 4 is 39.5 Å². The first-order chi connectivity index (χ1) is 27.9. The van der Waals surface area contributed by atoms with E-state index in [9.17, 15) is 22.4 Å². The molecule has 0 aromatic heterocycles. The van der Waals surface area contributed by atoms with Gasteiger partial charge in [0.15, 0.2) is 6.29 Å². The number of fused-ring (bicyclic) bond motifs is 4. The van der Waals surface area contributed by atoms with Gasteiger partial charge in [-0.15, -0.1) is 0 Å². The summed E-state index contributed by atoms with van der Waals surface area (Å²) >= 11 is 6.40. The highest BCUT2D eigenvalue weighted by atomic mass is 35.5. The molecule has 6 atom stereocenters. The summed E-state index contributed by atoms with van der Waals surface area (Å²) in [5.74, 6) is -0.203. The Hall–Kier alpha value is -3.07. The molecule has 1 spiro atoms. The molecule has 59 heavy (non-hydrogen) atoms. The van der Waals surface area contributed by atoms with Gasteiger partial charge in [0.1, 0.15) is 11.4 Å². The number of aldehydes is 1. The molecule has 2 aromatic rings. The van der Waals surface area contributed by atoms with Crippen LogP contribution in [-0.4, -0.2) is 116 Å². The molecule has 1 saturated carbocycles. The van der Waals surface area contributed by atoms with E-state index in [1.54, 1.807) is 39.3 Å². The largest absolute Gasteiger partial charge is 0.490 e. The molecule has 2 aromatic carbocycles. The fourth-order valence-corrected chi connectivity index (χ4v) is 10.7. The van der Waals surface area contributed by atoms with Gasteiger partial charge < -0.3 is 24.4 Å². The molecule has 330 valence electrons. The number of sulfonamides is 1. The van der Waals surface area contributed by atoms with E-state index in [1.165, 1.54) is 24.1 Å². The average molecular weight is 864 g/mol. The number of carbonyl (C=O) groups is 2. The number of hydrogen-bond donors (Lipinski definition) is 2. The van der Waals surface area contributed by atoms with Crippen molar-refractivity contribution < 1.29 is 36.6 Å². The smallest absolute Gasteiger partial charge is 0.264 e. The number of nitrogens with one attached hydrogen (secondary N) is 2. The van der Waals surface area contributed by atoms with Gasteiger partial charge in [0.25, 0.3) is 5.91 Å². The van der Waals surface area contributed by atoms with Crippen LogP contribution in [0.15, 0.2) is 48.6 Å². The van der Waals surface area contributed by atoms with Crippen molar-refractivity contribution in [3.8, 4) is 5.75 Å². The first kappa shape index (κ1) is 48.6. The lowest BCUT2D eigenvalue weighted by Crippen LogP contribution is -2.57. The highest BCUT2D eigenvalue weighted by Crippen LogP contribution is 2.48. The quantitative estimate of drug-likeness (QED) is 0.212. The van der Waals surface area contributed by atoms with Crippen LogP contribution in [0.1, 0.15) is 88.2 Å². The third-order valence-electron chi connectivity index (χ3n) is 13.1. The van der Waals surface area contributed by atoms with E-state index in [1.807, 2.05) is 25.1 Å². The van der Waals surface area contributed by atoms with Gasteiger partial charge in [-0.1, -0.05) is 45.0 Å². The zero-order chi connectivity index (χ0) is 42.1. The lowest BCUT2D eigenvalue weighted by molar-refractivity contribution is -0.135. The van der Waals surface area contributed by atoms with Gasteiger partial charge in [-0.05, 0) is 118 Å². The number of methoxy groups -OCH3 is 2. The molecule has 3 aliphatic heterocycles. The number of anilines is 1. The van der Waals surface area contributed by atoms with Crippen molar-refractivity contribution in [3.05, 3.63) is 70.3 Å². The maximum absolute atomic E-state index is 13.4. The summed E-state index contributed by atoms with van der Waals surface area (Å²) in [5.41, 5.74) is 2.05. The fraction of sp³-hybridized carbons (Fsp3) is 0.644. The number of allylic oxidation sites excluding steroid dienone is 1. The molecule has 11 nitrogen and oxygen atoms in total. The van der Waals surface area contributed by atoms with Crippen molar-refractivity contribution in [2.75, 3.05) is 78.8 Å². The van der Waals surface area contributed by atoms with Crippen LogP contribution in [-0.2, 0) is 36.1 Å². The summed E-state index contributed by atoms with van der Waals surface area (Å²) in [7, 11) is -0.140. The fourth-order valence-electron chi connectivity index (χ4n) is 9.19. The Morgan fingerprint density at radius 1 is 1.10 bits per heavy atom. The second kappa shape index (κ2) is 21.6. The van der Waals surface area contributed by atoms with Crippen molar-refractivity contribution in [1.82, 2.24) is 14.9 Å². The summed E-state index contributed by atoms with van der Waals surface area (Å²) in [5, 5.41) is 3.17. The van der Waals surface area contributed by atoms with E-state index in [2.05, 4.69) is 38.9 Å². The number of amides is 1. The maximum Gasteiger partial charge on any atom is 0.264 e. The van der Waals surface area contributed by atoms with Crippen LogP contribution < -0.4 is 19.7 Å². The van der Waals surface area contributed by atoms with Gasteiger partial charge in [0.05, 0.1) is 31.3 Å². The second-order valence-electron chi connectivity index (χ2n) is 16.5. The maximum atomic E-state index is 13.4. The minimum absolute atomic E-state index is 0. The number of hydrogen-bond acceptors (Lipinski definition) is 10. The van der Waals surface area contributed by atoms with Gasteiger partial charge in [-0.3, -0.25) is 18.9 Å². The summed E-state index contributed by atoms with van der Waals surface area (Å²) in [4.78, 5) is 30.9.